The van der Waals surface area contributed by atoms with Gasteiger partial charge in [0.05, 0.1) is 21.4 Å². The zero-order chi connectivity index (χ0) is 10.3. The second-order valence-electron chi connectivity index (χ2n) is 2.75. The second-order valence-corrected chi connectivity index (χ2v) is 3.66. The molecule has 0 amide bonds. The van der Waals surface area contributed by atoms with Gasteiger partial charge in [0, 0.05) is 4.70 Å². The average Bonchev–Trinajstić information content (AvgIpc) is 2.55. The van der Waals surface area contributed by atoms with Gasteiger partial charge in [-0.25, -0.2) is 0 Å². The lowest BCUT2D eigenvalue weighted by Crippen LogP contribution is -1.90. The molecule has 0 spiro atoms. The highest BCUT2D eigenvalue weighted by Crippen LogP contribution is 2.39. The third-order valence-corrected chi connectivity index (χ3v) is 2.87. The number of benzene rings is 1. The standard InChI is InChI=1S/C8H6N2O3S/c9-8-5(11)1-2-6-7(8)4(3-14-6)10(12)13/h1-3,11H,9H2. The van der Waals surface area contributed by atoms with Gasteiger partial charge in [-0.3, -0.25) is 10.1 Å². The van der Waals surface area contributed by atoms with Gasteiger partial charge in [-0.15, -0.1) is 11.3 Å². The van der Waals surface area contributed by atoms with E-state index in [4.69, 9.17) is 5.73 Å². The molecular formula is C8H6N2O3S. The van der Waals surface area contributed by atoms with Crippen LogP contribution in [0.5, 0.6) is 5.75 Å². The Morgan fingerprint density at radius 1 is 1.50 bits per heavy atom. The molecule has 2 rings (SSSR count). The number of fused-ring (bicyclic) bond motifs is 1. The van der Waals surface area contributed by atoms with Crippen molar-refractivity contribution < 1.29 is 10.0 Å². The molecule has 0 radical (unpaired) electrons. The summed E-state index contributed by atoms with van der Waals surface area (Å²) in [6.45, 7) is 0. The van der Waals surface area contributed by atoms with Crippen LogP contribution in [0.25, 0.3) is 10.1 Å². The van der Waals surface area contributed by atoms with Gasteiger partial charge in [-0.1, -0.05) is 0 Å². The number of nitrogen functional groups attached to an aromatic ring is 1. The van der Waals surface area contributed by atoms with Gasteiger partial charge in [0.15, 0.2) is 0 Å². The van der Waals surface area contributed by atoms with Crippen LogP contribution in [0.4, 0.5) is 11.4 Å². The van der Waals surface area contributed by atoms with Crippen LogP contribution in [0.1, 0.15) is 0 Å². The molecule has 1 aromatic heterocycles. The minimum Gasteiger partial charge on any atom is -0.506 e. The van der Waals surface area contributed by atoms with Crippen LogP contribution in [0.15, 0.2) is 17.5 Å². The fourth-order valence-electron chi connectivity index (χ4n) is 1.26. The number of phenols is 1. The third kappa shape index (κ3) is 1.08. The van der Waals surface area contributed by atoms with E-state index in [9.17, 15) is 15.2 Å². The van der Waals surface area contributed by atoms with Crippen molar-refractivity contribution in [1.82, 2.24) is 0 Å². The maximum atomic E-state index is 10.6. The molecule has 5 nitrogen and oxygen atoms in total. The summed E-state index contributed by atoms with van der Waals surface area (Å²) in [5, 5.41) is 21.7. The molecule has 0 unspecified atom stereocenters. The predicted molar refractivity (Wildman–Crippen MR) is 54.6 cm³/mol. The van der Waals surface area contributed by atoms with Gasteiger partial charge >= 0.3 is 0 Å². The third-order valence-electron chi connectivity index (χ3n) is 1.93. The summed E-state index contributed by atoms with van der Waals surface area (Å²) in [6.07, 6.45) is 0. The maximum absolute atomic E-state index is 10.6. The molecule has 0 aliphatic heterocycles. The zero-order valence-electron chi connectivity index (χ0n) is 6.93. The zero-order valence-corrected chi connectivity index (χ0v) is 7.75. The number of anilines is 1. The van der Waals surface area contributed by atoms with E-state index in [0.29, 0.717) is 10.1 Å². The van der Waals surface area contributed by atoms with Crippen LogP contribution in [0.3, 0.4) is 0 Å². The highest BCUT2D eigenvalue weighted by atomic mass is 32.1. The van der Waals surface area contributed by atoms with Crippen molar-refractivity contribution in [3.05, 3.63) is 27.6 Å². The predicted octanol–water partition coefficient (Wildman–Crippen LogP) is 2.10. The Hall–Kier alpha value is -1.82. The Balaban J connectivity index is 2.89. The van der Waals surface area contributed by atoms with Crippen LogP contribution >= 0.6 is 11.3 Å². The lowest BCUT2D eigenvalue weighted by Gasteiger charge is -1.98. The summed E-state index contributed by atoms with van der Waals surface area (Å²) in [5.41, 5.74) is 5.56. The Kier molecular flexibility index (Phi) is 1.78. The molecule has 0 aliphatic rings. The first-order chi connectivity index (χ1) is 6.61. The second kappa shape index (κ2) is 2.85. The van der Waals surface area contributed by atoms with Gasteiger partial charge in [-0.05, 0) is 12.1 Å². The molecule has 0 aliphatic carbocycles. The molecule has 0 saturated heterocycles. The highest BCUT2D eigenvalue weighted by molar-refractivity contribution is 7.17. The van der Waals surface area contributed by atoms with E-state index >= 15 is 0 Å². The van der Waals surface area contributed by atoms with Crippen molar-refractivity contribution in [2.24, 2.45) is 0 Å². The molecule has 14 heavy (non-hydrogen) atoms. The largest absolute Gasteiger partial charge is 0.506 e. The SMILES string of the molecule is Nc1c(O)ccc2scc([N+](=O)[O-])c12. The summed E-state index contributed by atoms with van der Waals surface area (Å²) >= 11 is 1.23. The number of hydrogen-bond donors (Lipinski definition) is 2. The van der Waals surface area contributed by atoms with Gasteiger partial charge < -0.3 is 10.8 Å². The molecule has 0 saturated carbocycles. The van der Waals surface area contributed by atoms with Crippen molar-refractivity contribution in [3.8, 4) is 5.75 Å². The minimum atomic E-state index is -0.505. The van der Waals surface area contributed by atoms with E-state index in [1.165, 1.54) is 22.8 Å². The number of nitrogens with zero attached hydrogens (tertiary/aromatic N) is 1. The first-order valence-corrected chi connectivity index (χ1v) is 4.62. The molecule has 1 heterocycles. The highest BCUT2D eigenvalue weighted by Gasteiger charge is 2.18. The van der Waals surface area contributed by atoms with E-state index in [0.717, 1.165) is 0 Å². The van der Waals surface area contributed by atoms with Gasteiger partial charge in [0.25, 0.3) is 5.69 Å². The van der Waals surface area contributed by atoms with Crippen LogP contribution in [0, 0.1) is 10.1 Å². The maximum Gasteiger partial charge on any atom is 0.290 e. The van der Waals surface area contributed by atoms with Gasteiger partial charge in [0.2, 0.25) is 0 Å². The van der Waals surface area contributed by atoms with E-state index in [1.54, 1.807) is 6.07 Å². The fraction of sp³-hybridized carbons (Fsp3) is 0. The number of rotatable bonds is 1. The summed E-state index contributed by atoms with van der Waals surface area (Å²) in [4.78, 5) is 10.1. The molecular weight excluding hydrogens is 204 g/mol. The Labute approximate surface area is 82.5 Å². The first kappa shape index (κ1) is 8.76. The smallest absolute Gasteiger partial charge is 0.290 e. The average molecular weight is 210 g/mol. The Morgan fingerprint density at radius 3 is 2.86 bits per heavy atom. The summed E-state index contributed by atoms with van der Waals surface area (Å²) in [7, 11) is 0. The molecule has 2 aromatic rings. The number of thiophene rings is 1. The number of aromatic hydroxyl groups is 1. The van der Waals surface area contributed by atoms with E-state index in [2.05, 4.69) is 0 Å². The Bertz CT molecular complexity index is 521. The van der Waals surface area contributed by atoms with Crippen LogP contribution in [-0.2, 0) is 0 Å². The quantitative estimate of drug-likeness (QED) is 0.326. The topological polar surface area (TPSA) is 89.4 Å². The number of nitro groups is 1. The lowest BCUT2D eigenvalue weighted by atomic mass is 10.2. The molecule has 3 N–H and O–H groups in total. The van der Waals surface area contributed by atoms with Gasteiger partial charge in [-0.2, -0.15) is 0 Å². The van der Waals surface area contributed by atoms with Crippen molar-refractivity contribution in [1.29, 1.82) is 0 Å². The first-order valence-electron chi connectivity index (χ1n) is 3.74. The minimum absolute atomic E-state index is 0.0570. The fourth-order valence-corrected chi connectivity index (χ4v) is 2.18. The van der Waals surface area contributed by atoms with Crippen LogP contribution in [-0.4, -0.2) is 10.0 Å². The normalized spacial score (nSPS) is 10.6. The molecule has 72 valence electrons. The van der Waals surface area contributed by atoms with Crippen molar-refractivity contribution >= 4 is 32.8 Å². The van der Waals surface area contributed by atoms with Crippen LogP contribution in [0.2, 0.25) is 0 Å². The summed E-state index contributed by atoms with van der Waals surface area (Å²) < 4.78 is 0.701. The molecule has 6 heteroatoms. The van der Waals surface area contributed by atoms with Crippen molar-refractivity contribution in [3.63, 3.8) is 0 Å². The monoisotopic (exact) mass is 210 g/mol. The summed E-state index contributed by atoms with van der Waals surface area (Å²) in [5.74, 6) is -0.126. The molecule has 1 aromatic carbocycles. The molecule has 0 fully saturated rings. The summed E-state index contributed by atoms with van der Waals surface area (Å²) in [6, 6.07) is 3.04. The molecule has 0 atom stereocenters. The van der Waals surface area contributed by atoms with Crippen LogP contribution < -0.4 is 5.73 Å². The lowest BCUT2D eigenvalue weighted by molar-refractivity contribution is -0.382. The van der Waals surface area contributed by atoms with Crippen molar-refractivity contribution in [2.75, 3.05) is 5.73 Å². The number of nitrogens with two attached hydrogens (primary N) is 1. The van der Waals surface area contributed by atoms with E-state index in [1.807, 2.05) is 0 Å². The van der Waals surface area contributed by atoms with E-state index in [-0.39, 0.29) is 17.1 Å². The number of phenolic OH excluding ortho intramolecular Hbond substituents is 1. The van der Waals surface area contributed by atoms with E-state index < -0.39 is 4.92 Å². The number of hydrogen-bond acceptors (Lipinski definition) is 5. The Morgan fingerprint density at radius 2 is 2.21 bits per heavy atom. The van der Waals surface area contributed by atoms with Gasteiger partial charge in [0.1, 0.15) is 5.75 Å². The van der Waals surface area contributed by atoms with Crippen molar-refractivity contribution in [2.45, 2.75) is 0 Å². The molecule has 0 bridgehead atoms.